The van der Waals surface area contributed by atoms with Crippen LogP contribution in [0.25, 0.3) is 0 Å². The monoisotopic (exact) mass is 363 g/mol. The minimum Gasteiger partial charge on any atom is -0.465 e. The Morgan fingerprint density at radius 2 is 2.28 bits per heavy atom. The maximum Gasteiger partial charge on any atom is 0.350 e. The second kappa shape index (κ2) is 7.26. The number of carbonyl (C=O) groups excluding carboxylic acids is 2. The minimum absolute atomic E-state index is 0.114. The van der Waals surface area contributed by atoms with E-state index in [4.69, 9.17) is 9.26 Å². The van der Waals surface area contributed by atoms with Gasteiger partial charge in [-0.05, 0) is 24.3 Å². The summed E-state index contributed by atoms with van der Waals surface area (Å²) in [4.78, 5) is 26.6. The van der Waals surface area contributed by atoms with Gasteiger partial charge in [-0.25, -0.2) is 9.59 Å². The van der Waals surface area contributed by atoms with Crippen LogP contribution < -0.4 is 5.32 Å². The number of ether oxygens (including phenoxy) is 1. The van der Waals surface area contributed by atoms with E-state index in [-0.39, 0.29) is 18.0 Å². The maximum atomic E-state index is 12.7. The first-order chi connectivity index (χ1) is 12.0. The van der Waals surface area contributed by atoms with Crippen molar-refractivity contribution in [1.82, 2.24) is 10.1 Å². The van der Waals surface area contributed by atoms with E-state index < -0.39 is 5.97 Å². The Hall–Kier alpha value is -2.35. The zero-order valence-corrected chi connectivity index (χ0v) is 15.3. The van der Waals surface area contributed by atoms with Crippen LogP contribution in [0.3, 0.4) is 0 Å². The van der Waals surface area contributed by atoms with E-state index in [9.17, 15) is 9.59 Å². The lowest BCUT2D eigenvalue weighted by Gasteiger charge is -2.23. The molecule has 3 heterocycles. The Morgan fingerprint density at radius 3 is 2.96 bits per heavy atom. The summed E-state index contributed by atoms with van der Waals surface area (Å²) in [6, 6.07) is 3.26. The van der Waals surface area contributed by atoms with Crippen LogP contribution in [0.5, 0.6) is 0 Å². The van der Waals surface area contributed by atoms with Crippen molar-refractivity contribution in [3.05, 3.63) is 33.8 Å². The second-order valence-corrected chi connectivity index (χ2v) is 7.16. The largest absolute Gasteiger partial charge is 0.465 e. The molecule has 1 N–H and O–H groups in total. The molecule has 2 aromatic heterocycles. The fourth-order valence-corrected chi connectivity index (χ4v) is 3.66. The molecule has 0 bridgehead atoms. The lowest BCUT2D eigenvalue weighted by molar-refractivity contribution is 0.0607. The predicted molar refractivity (Wildman–Crippen MR) is 94.0 cm³/mol. The maximum absolute atomic E-state index is 12.7. The van der Waals surface area contributed by atoms with Crippen molar-refractivity contribution in [2.45, 2.75) is 38.6 Å². The highest BCUT2D eigenvalue weighted by Crippen LogP contribution is 2.33. The molecule has 1 atom stereocenters. The summed E-state index contributed by atoms with van der Waals surface area (Å²) < 4.78 is 10.1. The molecule has 0 radical (unpaired) electrons. The third kappa shape index (κ3) is 3.53. The first kappa shape index (κ1) is 17.5. The number of hydrogen-bond donors (Lipinski definition) is 1. The van der Waals surface area contributed by atoms with Crippen LogP contribution in [-0.2, 0) is 4.74 Å². The van der Waals surface area contributed by atoms with E-state index in [1.807, 2.05) is 19.9 Å². The molecular weight excluding hydrogens is 342 g/mol. The standard InChI is InChI=1S/C17H21N3O4S/c1-10(2)14-9-12(19-24-14)13-5-4-7-20(13)17(22)18-11-6-8-25-15(11)16(21)23-3/h6,8-10,13H,4-5,7H2,1-3H3,(H,18,22). The fourth-order valence-electron chi connectivity index (χ4n) is 2.90. The number of aromatic nitrogens is 1. The fraction of sp³-hybridized carbons (Fsp3) is 0.471. The third-order valence-electron chi connectivity index (χ3n) is 4.25. The molecule has 0 aliphatic carbocycles. The number of amides is 2. The van der Waals surface area contributed by atoms with E-state index in [0.717, 1.165) is 24.3 Å². The summed E-state index contributed by atoms with van der Waals surface area (Å²) in [6.45, 7) is 4.71. The summed E-state index contributed by atoms with van der Waals surface area (Å²) in [6.07, 6.45) is 1.74. The average molecular weight is 363 g/mol. The van der Waals surface area contributed by atoms with Crippen molar-refractivity contribution in [3.63, 3.8) is 0 Å². The molecule has 1 saturated heterocycles. The van der Waals surface area contributed by atoms with Crippen molar-refractivity contribution < 1.29 is 18.8 Å². The number of likely N-dealkylation sites (tertiary alicyclic amines) is 1. The molecule has 8 heteroatoms. The van der Waals surface area contributed by atoms with Gasteiger partial charge in [0.05, 0.1) is 18.8 Å². The predicted octanol–water partition coefficient (Wildman–Crippen LogP) is 4.02. The van der Waals surface area contributed by atoms with Crippen molar-refractivity contribution in [1.29, 1.82) is 0 Å². The molecule has 0 saturated carbocycles. The van der Waals surface area contributed by atoms with Gasteiger partial charge in [0.1, 0.15) is 16.3 Å². The van der Waals surface area contributed by atoms with E-state index in [2.05, 4.69) is 10.5 Å². The number of nitrogens with one attached hydrogen (secondary N) is 1. The minimum atomic E-state index is -0.457. The van der Waals surface area contributed by atoms with Crippen molar-refractivity contribution in [2.24, 2.45) is 0 Å². The van der Waals surface area contributed by atoms with Crippen LogP contribution in [0.4, 0.5) is 10.5 Å². The zero-order chi connectivity index (χ0) is 18.0. The first-order valence-corrected chi connectivity index (χ1v) is 9.09. The quantitative estimate of drug-likeness (QED) is 0.830. The molecule has 1 aliphatic rings. The lowest BCUT2D eigenvalue weighted by atomic mass is 10.1. The first-order valence-electron chi connectivity index (χ1n) is 8.21. The molecule has 0 aromatic carbocycles. The number of anilines is 1. The SMILES string of the molecule is COC(=O)c1sccc1NC(=O)N1CCCC1c1cc(C(C)C)on1. The van der Waals surface area contributed by atoms with Crippen LogP contribution in [0.1, 0.15) is 59.8 Å². The Bertz CT molecular complexity index is 768. The molecule has 2 aromatic rings. The summed E-state index contributed by atoms with van der Waals surface area (Å²) in [5, 5.41) is 8.70. The molecule has 1 aliphatic heterocycles. The summed E-state index contributed by atoms with van der Waals surface area (Å²) in [5.41, 5.74) is 1.24. The van der Waals surface area contributed by atoms with Crippen LogP contribution in [0, 0.1) is 0 Å². The van der Waals surface area contributed by atoms with E-state index >= 15 is 0 Å². The smallest absolute Gasteiger partial charge is 0.350 e. The van der Waals surface area contributed by atoms with Crippen molar-refractivity contribution in [3.8, 4) is 0 Å². The molecule has 0 spiro atoms. The van der Waals surface area contributed by atoms with Gasteiger partial charge in [0, 0.05) is 18.5 Å². The number of urea groups is 1. The molecular formula is C17H21N3O4S. The van der Waals surface area contributed by atoms with Gasteiger partial charge in [-0.3, -0.25) is 0 Å². The number of thiophene rings is 1. The van der Waals surface area contributed by atoms with Gasteiger partial charge < -0.3 is 19.5 Å². The van der Waals surface area contributed by atoms with E-state index in [1.165, 1.54) is 18.4 Å². The highest BCUT2D eigenvalue weighted by molar-refractivity contribution is 7.12. The highest BCUT2D eigenvalue weighted by atomic mass is 32.1. The Kier molecular flexibility index (Phi) is 5.08. The van der Waals surface area contributed by atoms with Crippen LogP contribution in [-0.4, -0.2) is 35.7 Å². The number of esters is 1. The Morgan fingerprint density at radius 1 is 1.48 bits per heavy atom. The van der Waals surface area contributed by atoms with Gasteiger partial charge in [-0.2, -0.15) is 0 Å². The number of nitrogens with zero attached hydrogens (tertiary/aromatic N) is 2. The van der Waals surface area contributed by atoms with Crippen LogP contribution in [0.2, 0.25) is 0 Å². The molecule has 2 amide bonds. The number of hydrogen-bond acceptors (Lipinski definition) is 6. The second-order valence-electron chi connectivity index (χ2n) is 6.25. The molecule has 3 rings (SSSR count). The van der Waals surface area contributed by atoms with Crippen molar-refractivity contribution >= 4 is 29.0 Å². The molecule has 134 valence electrons. The van der Waals surface area contributed by atoms with E-state index in [1.54, 1.807) is 16.3 Å². The van der Waals surface area contributed by atoms with Crippen molar-refractivity contribution in [2.75, 3.05) is 19.0 Å². The summed E-state index contributed by atoms with van der Waals surface area (Å²) >= 11 is 1.24. The summed E-state index contributed by atoms with van der Waals surface area (Å²) in [5.74, 6) is 0.604. The number of methoxy groups -OCH3 is 1. The van der Waals surface area contributed by atoms with Gasteiger partial charge in [-0.1, -0.05) is 19.0 Å². The van der Waals surface area contributed by atoms with Gasteiger partial charge in [0.2, 0.25) is 0 Å². The molecule has 25 heavy (non-hydrogen) atoms. The third-order valence-corrected chi connectivity index (χ3v) is 5.14. The van der Waals surface area contributed by atoms with Gasteiger partial charge in [0.15, 0.2) is 0 Å². The molecule has 1 fully saturated rings. The Labute approximate surface area is 149 Å². The number of rotatable bonds is 4. The Balaban J connectivity index is 1.75. The van der Waals surface area contributed by atoms with Gasteiger partial charge >= 0.3 is 12.0 Å². The lowest BCUT2D eigenvalue weighted by Crippen LogP contribution is -2.34. The average Bonchev–Trinajstić information content (AvgIpc) is 3.32. The highest BCUT2D eigenvalue weighted by Gasteiger charge is 2.33. The van der Waals surface area contributed by atoms with Gasteiger partial charge in [-0.15, -0.1) is 11.3 Å². The topological polar surface area (TPSA) is 84.7 Å². The zero-order valence-electron chi connectivity index (χ0n) is 14.4. The number of carbonyl (C=O) groups is 2. The van der Waals surface area contributed by atoms with Crippen LogP contribution in [0.15, 0.2) is 22.0 Å². The van der Waals surface area contributed by atoms with E-state index in [0.29, 0.717) is 17.1 Å². The molecule has 1 unspecified atom stereocenters. The van der Waals surface area contributed by atoms with Crippen LogP contribution >= 0.6 is 11.3 Å². The summed E-state index contributed by atoms with van der Waals surface area (Å²) in [7, 11) is 1.32. The molecule has 7 nitrogen and oxygen atoms in total. The van der Waals surface area contributed by atoms with Gasteiger partial charge in [0.25, 0.3) is 0 Å². The normalized spacial score (nSPS) is 17.1.